The molecule has 0 aromatic heterocycles. The fourth-order valence-corrected chi connectivity index (χ4v) is 4.82. The summed E-state index contributed by atoms with van der Waals surface area (Å²) in [5, 5.41) is 0. The average Bonchev–Trinajstić information content (AvgIpc) is 2.85. The Kier molecular flexibility index (Phi) is 7.59. The van der Waals surface area contributed by atoms with Gasteiger partial charge in [0.25, 0.3) is 0 Å². The molecule has 0 radical (unpaired) electrons. The minimum absolute atomic E-state index is 0.211. The van der Waals surface area contributed by atoms with E-state index in [4.69, 9.17) is 4.74 Å². The zero-order valence-electron chi connectivity index (χ0n) is 19.3. The fourth-order valence-electron chi connectivity index (χ4n) is 4.82. The van der Waals surface area contributed by atoms with Gasteiger partial charge in [0.2, 0.25) is 0 Å². The molecule has 1 nitrogen and oxygen atoms in total. The highest BCUT2D eigenvalue weighted by atomic mass is 19.1. The molecule has 0 aliphatic heterocycles. The van der Waals surface area contributed by atoms with Crippen LogP contribution in [-0.4, -0.2) is 6.61 Å². The molecule has 1 saturated carbocycles. The fraction of sp³-hybridized carbons (Fsp3) is 0.333. The largest absolute Gasteiger partial charge is 0.491 e. The Bertz CT molecular complexity index is 1080. The minimum atomic E-state index is -0.442. The van der Waals surface area contributed by atoms with E-state index < -0.39 is 5.82 Å². The van der Waals surface area contributed by atoms with Crippen LogP contribution in [0.4, 0.5) is 8.78 Å². The molecule has 3 aromatic rings. The highest BCUT2D eigenvalue weighted by Crippen LogP contribution is 2.33. The second-order valence-electron chi connectivity index (χ2n) is 9.02. The van der Waals surface area contributed by atoms with Crippen LogP contribution in [0, 0.1) is 23.5 Å². The molecule has 172 valence electrons. The summed E-state index contributed by atoms with van der Waals surface area (Å²) < 4.78 is 34.4. The molecule has 0 amide bonds. The second-order valence-corrected chi connectivity index (χ2v) is 9.02. The van der Waals surface area contributed by atoms with Crippen molar-refractivity contribution in [2.24, 2.45) is 11.8 Å². The van der Waals surface area contributed by atoms with Crippen molar-refractivity contribution in [1.82, 2.24) is 0 Å². The summed E-state index contributed by atoms with van der Waals surface area (Å²) in [6.07, 6.45) is 9.52. The lowest BCUT2D eigenvalue weighted by Crippen LogP contribution is -2.13. The summed E-state index contributed by atoms with van der Waals surface area (Å²) in [7, 11) is 0. The highest BCUT2D eigenvalue weighted by Gasteiger charge is 2.19. The number of hydrogen-bond acceptors (Lipinski definition) is 1. The van der Waals surface area contributed by atoms with Crippen LogP contribution in [0.1, 0.15) is 44.6 Å². The first-order valence-electron chi connectivity index (χ1n) is 12.0. The molecular formula is C30H32F2O. The smallest absolute Gasteiger partial charge is 0.165 e. The SMILES string of the molecule is C=CC1CCC(CCc2ccc(-c3ccc(-c4ccc(OCC)c(F)c4)cc3F)cc2)CC1. The van der Waals surface area contributed by atoms with Gasteiger partial charge in [-0.3, -0.25) is 0 Å². The molecule has 4 rings (SSSR count). The van der Waals surface area contributed by atoms with Gasteiger partial charge in [0.1, 0.15) is 5.82 Å². The molecule has 1 fully saturated rings. The Hall–Kier alpha value is -2.94. The van der Waals surface area contributed by atoms with E-state index >= 15 is 0 Å². The normalized spacial score (nSPS) is 18.2. The first kappa shape index (κ1) is 23.2. The highest BCUT2D eigenvalue weighted by molar-refractivity contribution is 5.71. The first-order valence-corrected chi connectivity index (χ1v) is 12.0. The lowest BCUT2D eigenvalue weighted by Gasteiger charge is -2.26. The summed E-state index contributed by atoms with van der Waals surface area (Å²) in [6.45, 7) is 6.14. The Balaban J connectivity index is 1.41. The van der Waals surface area contributed by atoms with Crippen molar-refractivity contribution >= 4 is 0 Å². The molecule has 0 spiro atoms. The minimum Gasteiger partial charge on any atom is -0.491 e. The Labute approximate surface area is 196 Å². The van der Waals surface area contributed by atoms with Gasteiger partial charge < -0.3 is 4.74 Å². The van der Waals surface area contributed by atoms with Gasteiger partial charge in [-0.05, 0) is 97.7 Å². The van der Waals surface area contributed by atoms with E-state index in [1.807, 2.05) is 25.1 Å². The standard InChI is InChI=1S/C30H32F2O/c1-3-21-5-7-22(8-6-21)9-10-23-11-13-24(14-12-23)27-17-15-25(19-28(27)31)26-16-18-30(33-4-2)29(32)20-26/h3,11-22H,1,4-10H2,2H3. The molecule has 1 aliphatic carbocycles. The molecular weight excluding hydrogens is 414 g/mol. The van der Waals surface area contributed by atoms with Crippen LogP contribution < -0.4 is 4.74 Å². The molecule has 0 N–H and O–H groups in total. The predicted molar refractivity (Wildman–Crippen MR) is 132 cm³/mol. The van der Waals surface area contributed by atoms with E-state index in [2.05, 4.69) is 24.8 Å². The summed E-state index contributed by atoms with van der Waals surface area (Å²) in [5.74, 6) is 0.966. The van der Waals surface area contributed by atoms with Crippen molar-refractivity contribution in [1.29, 1.82) is 0 Å². The predicted octanol–water partition coefficient (Wildman–Crippen LogP) is 8.62. The first-order chi connectivity index (χ1) is 16.1. The van der Waals surface area contributed by atoms with E-state index in [1.165, 1.54) is 49.8 Å². The number of rotatable bonds is 8. The van der Waals surface area contributed by atoms with Crippen LogP contribution in [0.5, 0.6) is 5.75 Å². The molecule has 0 atom stereocenters. The third kappa shape index (κ3) is 5.71. The summed E-state index contributed by atoms with van der Waals surface area (Å²) in [6, 6.07) is 18.0. The van der Waals surface area contributed by atoms with Gasteiger partial charge in [-0.15, -0.1) is 6.58 Å². The summed E-state index contributed by atoms with van der Waals surface area (Å²) >= 11 is 0. The van der Waals surface area contributed by atoms with Crippen molar-refractivity contribution in [2.45, 2.75) is 45.4 Å². The molecule has 33 heavy (non-hydrogen) atoms. The summed E-state index contributed by atoms with van der Waals surface area (Å²) in [4.78, 5) is 0. The van der Waals surface area contributed by atoms with Gasteiger partial charge in [-0.25, -0.2) is 8.78 Å². The van der Waals surface area contributed by atoms with Gasteiger partial charge in [0, 0.05) is 5.56 Å². The molecule has 0 saturated heterocycles. The summed E-state index contributed by atoms with van der Waals surface area (Å²) in [5.41, 5.74) is 3.97. The zero-order chi connectivity index (χ0) is 23.2. The molecule has 0 heterocycles. The molecule has 0 unspecified atom stereocenters. The molecule has 1 aliphatic rings. The van der Waals surface area contributed by atoms with E-state index in [0.717, 1.165) is 17.9 Å². The van der Waals surface area contributed by atoms with E-state index in [0.29, 0.717) is 29.2 Å². The van der Waals surface area contributed by atoms with Crippen molar-refractivity contribution < 1.29 is 13.5 Å². The number of halogens is 2. The maximum absolute atomic E-state index is 14.9. The van der Waals surface area contributed by atoms with E-state index in [1.54, 1.807) is 18.2 Å². The van der Waals surface area contributed by atoms with E-state index in [9.17, 15) is 8.78 Å². The second kappa shape index (κ2) is 10.8. The van der Waals surface area contributed by atoms with Crippen molar-refractivity contribution in [3.63, 3.8) is 0 Å². The van der Waals surface area contributed by atoms with Crippen LogP contribution >= 0.6 is 0 Å². The maximum atomic E-state index is 14.9. The maximum Gasteiger partial charge on any atom is 0.165 e. The number of benzene rings is 3. The topological polar surface area (TPSA) is 9.23 Å². The number of aryl methyl sites for hydroxylation is 1. The quantitative estimate of drug-likeness (QED) is 0.315. The van der Waals surface area contributed by atoms with Crippen molar-refractivity contribution in [3.05, 3.63) is 90.5 Å². The third-order valence-corrected chi connectivity index (χ3v) is 6.87. The third-order valence-electron chi connectivity index (χ3n) is 6.87. The van der Waals surface area contributed by atoms with Crippen molar-refractivity contribution in [3.8, 4) is 28.0 Å². The Morgan fingerprint density at radius 2 is 1.48 bits per heavy atom. The van der Waals surface area contributed by atoms with Gasteiger partial charge in [-0.1, -0.05) is 48.5 Å². The molecule has 3 aromatic carbocycles. The number of hydrogen-bond donors (Lipinski definition) is 0. The average molecular weight is 447 g/mol. The molecule has 0 bridgehead atoms. The Morgan fingerprint density at radius 3 is 2.09 bits per heavy atom. The monoisotopic (exact) mass is 446 g/mol. The number of ether oxygens (including phenoxy) is 1. The van der Waals surface area contributed by atoms with Gasteiger partial charge in [0.15, 0.2) is 11.6 Å². The zero-order valence-corrected chi connectivity index (χ0v) is 19.3. The van der Waals surface area contributed by atoms with Gasteiger partial charge in [-0.2, -0.15) is 0 Å². The van der Waals surface area contributed by atoms with Gasteiger partial charge >= 0.3 is 0 Å². The van der Waals surface area contributed by atoms with Crippen LogP contribution in [0.25, 0.3) is 22.3 Å². The van der Waals surface area contributed by atoms with Crippen LogP contribution in [-0.2, 0) is 6.42 Å². The van der Waals surface area contributed by atoms with Crippen LogP contribution in [0.2, 0.25) is 0 Å². The van der Waals surface area contributed by atoms with Crippen molar-refractivity contribution in [2.75, 3.05) is 6.61 Å². The number of allylic oxidation sites excluding steroid dienone is 1. The molecule has 3 heteroatoms. The van der Waals surface area contributed by atoms with Crippen LogP contribution in [0.3, 0.4) is 0 Å². The van der Waals surface area contributed by atoms with E-state index in [-0.39, 0.29) is 11.6 Å². The lowest BCUT2D eigenvalue weighted by molar-refractivity contribution is 0.296. The van der Waals surface area contributed by atoms with Gasteiger partial charge in [0.05, 0.1) is 6.61 Å². The van der Waals surface area contributed by atoms with Crippen LogP contribution in [0.15, 0.2) is 73.3 Å². The Morgan fingerprint density at radius 1 is 0.848 bits per heavy atom. The lowest BCUT2D eigenvalue weighted by atomic mass is 9.79.